The summed E-state index contributed by atoms with van der Waals surface area (Å²) in [5.41, 5.74) is 0.856. The smallest absolute Gasteiger partial charge is 0.365 e. The Hall–Kier alpha value is -1.43. The number of likely N-dealkylation sites (tertiary alicyclic amines) is 1. The van der Waals surface area contributed by atoms with Crippen LogP contribution in [0.15, 0.2) is 5.38 Å². The summed E-state index contributed by atoms with van der Waals surface area (Å²) in [5.74, 6) is -0.880. The Labute approximate surface area is 116 Å². The second-order valence-electron chi connectivity index (χ2n) is 5.68. The molecule has 0 aromatic carbocycles. The Morgan fingerprint density at radius 1 is 1.53 bits per heavy atom. The van der Waals surface area contributed by atoms with Crippen molar-refractivity contribution in [2.24, 2.45) is 5.41 Å². The molecule has 104 valence electrons. The van der Waals surface area contributed by atoms with E-state index in [1.807, 2.05) is 0 Å². The maximum atomic E-state index is 12.0. The van der Waals surface area contributed by atoms with E-state index in [9.17, 15) is 9.59 Å². The molecule has 0 aliphatic carbocycles. The summed E-state index contributed by atoms with van der Waals surface area (Å²) in [6.45, 7) is 5.48. The Morgan fingerprint density at radius 3 is 2.89 bits per heavy atom. The van der Waals surface area contributed by atoms with Gasteiger partial charge in [0.2, 0.25) is 10.9 Å². The zero-order valence-corrected chi connectivity index (χ0v) is 12.0. The number of aromatic nitrogens is 1. The van der Waals surface area contributed by atoms with E-state index in [0.717, 1.165) is 24.2 Å². The van der Waals surface area contributed by atoms with Gasteiger partial charge in [0.25, 0.3) is 0 Å². The molecule has 2 rings (SSSR count). The van der Waals surface area contributed by atoms with Gasteiger partial charge in [-0.25, -0.2) is 9.78 Å². The Morgan fingerprint density at radius 2 is 2.26 bits per heavy atom. The summed E-state index contributed by atoms with van der Waals surface area (Å²) in [6, 6.07) is 0. The average molecular weight is 282 g/mol. The molecule has 0 bridgehead atoms. The third kappa shape index (κ3) is 3.53. The van der Waals surface area contributed by atoms with Crippen LogP contribution < -0.4 is 0 Å². The van der Waals surface area contributed by atoms with Crippen molar-refractivity contribution in [3.8, 4) is 0 Å². The number of nitrogens with zero attached hydrogens (tertiary/aromatic N) is 2. The molecule has 0 unspecified atom stereocenters. The monoisotopic (exact) mass is 282 g/mol. The van der Waals surface area contributed by atoms with Crippen molar-refractivity contribution in [3.05, 3.63) is 16.1 Å². The fraction of sp³-hybridized carbons (Fsp3) is 0.615. The second kappa shape index (κ2) is 5.28. The van der Waals surface area contributed by atoms with Gasteiger partial charge >= 0.3 is 5.97 Å². The molecule has 6 heteroatoms. The molecule has 0 atom stereocenters. The molecular weight excluding hydrogens is 264 g/mol. The topological polar surface area (TPSA) is 70.5 Å². The molecule has 5 nitrogen and oxygen atoms in total. The van der Waals surface area contributed by atoms with Gasteiger partial charge in [-0.3, -0.25) is 4.79 Å². The molecule has 0 spiro atoms. The van der Waals surface area contributed by atoms with Crippen molar-refractivity contribution in [1.82, 2.24) is 9.88 Å². The standard InChI is InChI=1S/C13H18N2O3S/c1-13(2)4-3-10(16)15(6-5-13)7-9-8-19-11(14-9)12(17)18/h8H,3-7H2,1-2H3,(H,17,18). The van der Waals surface area contributed by atoms with Gasteiger partial charge in [0, 0.05) is 18.3 Å². The maximum absolute atomic E-state index is 12.0. The highest BCUT2D eigenvalue weighted by Crippen LogP contribution is 2.30. The number of hydrogen-bond donors (Lipinski definition) is 1. The molecule has 2 heterocycles. The molecule has 0 saturated carbocycles. The average Bonchev–Trinajstić information content (AvgIpc) is 2.75. The van der Waals surface area contributed by atoms with E-state index in [1.54, 1.807) is 10.3 Å². The van der Waals surface area contributed by atoms with E-state index in [2.05, 4.69) is 18.8 Å². The largest absolute Gasteiger partial charge is 0.476 e. The van der Waals surface area contributed by atoms with E-state index in [1.165, 1.54) is 0 Å². The van der Waals surface area contributed by atoms with E-state index < -0.39 is 5.97 Å². The molecule has 1 N–H and O–H groups in total. The van der Waals surface area contributed by atoms with Crippen LogP contribution in [0.3, 0.4) is 0 Å². The van der Waals surface area contributed by atoms with Gasteiger partial charge in [-0.2, -0.15) is 0 Å². The van der Waals surface area contributed by atoms with Crippen LogP contribution in [-0.2, 0) is 11.3 Å². The molecule has 1 saturated heterocycles. The zero-order valence-electron chi connectivity index (χ0n) is 11.2. The highest BCUT2D eigenvalue weighted by molar-refractivity contribution is 7.11. The van der Waals surface area contributed by atoms with Crippen molar-refractivity contribution in [1.29, 1.82) is 0 Å². The number of aromatic carboxylic acids is 1. The van der Waals surface area contributed by atoms with Crippen molar-refractivity contribution in [3.63, 3.8) is 0 Å². The molecule has 1 aromatic heterocycles. The van der Waals surface area contributed by atoms with E-state index in [-0.39, 0.29) is 16.3 Å². The summed E-state index contributed by atoms with van der Waals surface area (Å²) >= 11 is 1.10. The first-order valence-corrected chi connectivity index (χ1v) is 7.21. The lowest BCUT2D eigenvalue weighted by molar-refractivity contribution is -0.131. The first-order chi connectivity index (χ1) is 8.87. The highest BCUT2D eigenvalue weighted by Gasteiger charge is 2.27. The molecule has 1 aliphatic rings. The summed E-state index contributed by atoms with van der Waals surface area (Å²) in [6.07, 6.45) is 2.43. The van der Waals surface area contributed by atoms with Crippen molar-refractivity contribution in [2.75, 3.05) is 6.54 Å². The fourth-order valence-corrected chi connectivity index (χ4v) is 2.78. The number of amides is 1. The van der Waals surface area contributed by atoms with Crippen LogP contribution in [0.2, 0.25) is 0 Å². The van der Waals surface area contributed by atoms with Gasteiger partial charge in [-0.05, 0) is 18.3 Å². The number of hydrogen-bond acceptors (Lipinski definition) is 4. The Bertz CT molecular complexity index is 496. The van der Waals surface area contributed by atoms with Crippen LogP contribution in [0.25, 0.3) is 0 Å². The third-order valence-electron chi connectivity index (χ3n) is 3.51. The number of carboxylic acids is 1. The molecule has 1 aliphatic heterocycles. The number of rotatable bonds is 3. The summed E-state index contributed by atoms with van der Waals surface area (Å²) < 4.78 is 0. The molecule has 0 radical (unpaired) electrons. The number of carbonyl (C=O) groups is 2. The minimum absolute atomic E-state index is 0.0811. The molecule has 1 amide bonds. The van der Waals surface area contributed by atoms with Crippen LogP contribution in [-0.4, -0.2) is 33.4 Å². The van der Waals surface area contributed by atoms with Gasteiger partial charge < -0.3 is 10.0 Å². The summed E-state index contributed by atoms with van der Waals surface area (Å²) in [7, 11) is 0. The van der Waals surface area contributed by atoms with Crippen LogP contribution in [0.5, 0.6) is 0 Å². The minimum atomic E-state index is -1.01. The lowest BCUT2D eigenvalue weighted by Crippen LogP contribution is -2.30. The lowest BCUT2D eigenvalue weighted by Gasteiger charge is -2.22. The summed E-state index contributed by atoms with van der Waals surface area (Å²) in [4.78, 5) is 28.6. The number of carbonyl (C=O) groups excluding carboxylic acids is 1. The zero-order chi connectivity index (χ0) is 14.0. The van der Waals surface area contributed by atoms with E-state index >= 15 is 0 Å². The predicted octanol–water partition coefficient (Wildman–Crippen LogP) is 2.38. The lowest BCUT2D eigenvalue weighted by atomic mass is 9.85. The summed E-state index contributed by atoms with van der Waals surface area (Å²) in [5, 5.41) is 10.6. The van der Waals surface area contributed by atoms with Crippen molar-refractivity contribution >= 4 is 23.2 Å². The molecular formula is C13H18N2O3S. The normalized spacial score (nSPS) is 19.3. The molecule has 1 aromatic rings. The van der Waals surface area contributed by atoms with E-state index in [4.69, 9.17) is 5.11 Å². The van der Waals surface area contributed by atoms with Crippen molar-refractivity contribution < 1.29 is 14.7 Å². The van der Waals surface area contributed by atoms with Gasteiger partial charge in [-0.1, -0.05) is 13.8 Å². The first kappa shape index (κ1) is 14.0. The molecule has 1 fully saturated rings. The van der Waals surface area contributed by atoms with Crippen molar-refractivity contribution in [2.45, 2.75) is 39.7 Å². The fourth-order valence-electron chi connectivity index (χ4n) is 2.13. The third-order valence-corrected chi connectivity index (χ3v) is 4.39. The van der Waals surface area contributed by atoms with Crippen LogP contribution in [0.4, 0.5) is 0 Å². The second-order valence-corrected chi connectivity index (χ2v) is 6.54. The van der Waals surface area contributed by atoms with E-state index in [0.29, 0.717) is 25.2 Å². The van der Waals surface area contributed by atoms with Crippen LogP contribution >= 0.6 is 11.3 Å². The highest BCUT2D eigenvalue weighted by atomic mass is 32.1. The minimum Gasteiger partial charge on any atom is -0.476 e. The number of carboxylic acid groups (broad SMARTS) is 1. The Kier molecular flexibility index (Phi) is 3.89. The van der Waals surface area contributed by atoms with Gasteiger partial charge in [0.15, 0.2) is 0 Å². The van der Waals surface area contributed by atoms with Gasteiger partial charge in [0.05, 0.1) is 12.2 Å². The Balaban J connectivity index is 2.04. The predicted molar refractivity (Wildman–Crippen MR) is 72.1 cm³/mol. The first-order valence-electron chi connectivity index (χ1n) is 6.33. The van der Waals surface area contributed by atoms with Gasteiger partial charge in [-0.15, -0.1) is 11.3 Å². The van der Waals surface area contributed by atoms with Crippen LogP contribution in [0.1, 0.15) is 48.6 Å². The molecule has 19 heavy (non-hydrogen) atoms. The maximum Gasteiger partial charge on any atom is 0.365 e. The SMILES string of the molecule is CC1(C)CCC(=O)N(Cc2csc(C(=O)O)n2)CC1. The van der Waals surface area contributed by atoms with Gasteiger partial charge in [0.1, 0.15) is 0 Å². The quantitative estimate of drug-likeness (QED) is 0.924. The van der Waals surface area contributed by atoms with Crippen LogP contribution in [0, 0.1) is 5.41 Å². The number of thiazole rings is 1.